The summed E-state index contributed by atoms with van der Waals surface area (Å²) in [4.78, 5) is 7.78. The molecule has 0 aliphatic carbocycles. The van der Waals surface area contributed by atoms with Gasteiger partial charge in [-0.15, -0.1) is 0 Å². The van der Waals surface area contributed by atoms with Crippen LogP contribution >= 0.6 is 23.2 Å². The maximum Gasteiger partial charge on any atom is 0.137 e. The molecule has 2 heterocycles. The number of azo groups is 1. The number of pyridine rings is 2. The van der Waals surface area contributed by atoms with E-state index in [-0.39, 0.29) is 21.5 Å². The molecule has 3 aromatic rings. The largest absolute Gasteiger partial charge is 0.506 e. The average Bonchev–Trinajstić information content (AvgIpc) is 2.61. The molecule has 0 radical (unpaired) electrons. The molecule has 8 heteroatoms. The van der Waals surface area contributed by atoms with Gasteiger partial charge < -0.3 is 10.2 Å². The van der Waals surface area contributed by atoms with Gasteiger partial charge in [-0.1, -0.05) is 23.2 Å². The fraction of sp³-hybridized carbons (Fsp3) is 0. The summed E-state index contributed by atoms with van der Waals surface area (Å²) in [7, 11) is 0. The Balaban J connectivity index is 0.000000185. The van der Waals surface area contributed by atoms with E-state index >= 15 is 0 Å². The number of phenolic OH excluding ortho intramolecular Hbond substituents is 2. The predicted molar refractivity (Wildman–Crippen MR) is 92.4 cm³/mol. The quantitative estimate of drug-likeness (QED) is 0.605. The van der Waals surface area contributed by atoms with Crippen molar-refractivity contribution >= 4 is 34.6 Å². The van der Waals surface area contributed by atoms with Gasteiger partial charge in [0.2, 0.25) is 0 Å². The molecule has 2 aromatic heterocycles. The third-order valence-corrected chi connectivity index (χ3v) is 3.23. The van der Waals surface area contributed by atoms with Gasteiger partial charge >= 0.3 is 0 Å². The van der Waals surface area contributed by atoms with E-state index in [9.17, 15) is 0 Å². The van der Waals surface area contributed by atoms with Crippen molar-refractivity contribution in [3.63, 3.8) is 0 Å². The van der Waals surface area contributed by atoms with E-state index in [1.54, 1.807) is 49.1 Å². The fourth-order valence-electron chi connectivity index (χ4n) is 1.46. The van der Waals surface area contributed by atoms with Gasteiger partial charge in [-0.05, 0) is 30.3 Å². The van der Waals surface area contributed by atoms with Gasteiger partial charge in [-0.25, -0.2) is 0 Å². The highest BCUT2D eigenvalue weighted by atomic mass is 35.5. The molecular weight excluding hydrogens is 351 g/mol. The Morgan fingerprint density at radius 3 is 1.38 bits per heavy atom. The summed E-state index contributed by atoms with van der Waals surface area (Å²) in [6.45, 7) is 0. The first-order valence-electron chi connectivity index (χ1n) is 6.65. The molecule has 0 aliphatic heterocycles. The smallest absolute Gasteiger partial charge is 0.137 e. The number of phenols is 2. The molecule has 0 saturated heterocycles. The Morgan fingerprint density at radius 2 is 1.04 bits per heavy atom. The molecule has 0 spiro atoms. The van der Waals surface area contributed by atoms with Crippen molar-refractivity contribution in [2.24, 2.45) is 10.2 Å². The zero-order valence-electron chi connectivity index (χ0n) is 12.2. The van der Waals surface area contributed by atoms with Crippen LogP contribution in [0.3, 0.4) is 0 Å². The molecule has 0 aliphatic rings. The average molecular weight is 363 g/mol. The van der Waals surface area contributed by atoms with Crippen LogP contribution in [0.5, 0.6) is 11.5 Å². The lowest BCUT2D eigenvalue weighted by atomic mass is 10.3. The minimum atomic E-state index is -0.177. The second-order valence-electron chi connectivity index (χ2n) is 4.37. The second-order valence-corrected chi connectivity index (χ2v) is 5.18. The first-order chi connectivity index (χ1) is 11.6. The van der Waals surface area contributed by atoms with Crippen LogP contribution in [0.1, 0.15) is 0 Å². The highest BCUT2D eigenvalue weighted by Crippen LogP contribution is 2.33. The lowest BCUT2D eigenvalue weighted by molar-refractivity contribution is 0.451. The van der Waals surface area contributed by atoms with Crippen molar-refractivity contribution < 1.29 is 10.2 Å². The Labute approximate surface area is 148 Å². The maximum atomic E-state index is 8.87. The second kappa shape index (κ2) is 8.81. The van der Waals surface area contributed by atoms with Crippen LogP contribution in [0.15, 0.2) is 71.4 Å². The van der Waals surface area contributed by atoms with Gasteiger partial charge in [0, 0.05) is 30.9 Å². The monoisotopic (exact) mass is 362 g/mol. The molecule has 6 nitrogen and oxygen atoms in total. The van der Waals surface area contributed by atoms with Gasteiger partial charge in [0.15, 0.2) is 0 Å². The minimum Gasteiger partial charge on any atom is -0.506 e. The van der Waals surface area contributed by atoms with Crippen LogP contribution in [0.25, 0.3) is 0 Å². The van der Waals surface area contributed by atoms with Crippen molar-refractivity contribution in [2.45, 2.75) is 0 Å². The molecule has 122 valence electrons. The summed E-state index contributed by atoms with van der Waals surface area (Å²) < 4.78 is 0. The van der Waals surface area contributed by atoms with E-state index in [0.29, 0.717) is 0 Å². The summed E-state index contributed by atoms with van der Waals surface area (Å²) >= 11 is 10.9. The zero-order chi connectivity index (χ0) is 17.4. The third kappa shape index (κ3) is 5.49. The number of aromatic hydroxyl groups is 2. The SMILES string of the molecule is Oc1cc(O)c(Cl)cc1Cl.c1cc(N=Nc2ccncc2)ccn1. The van der Waals surface area contributed by atoms with Crippen LogP contribution in [0, 0.1) is 0 Å². The first kappa shape index (κ1) is 17.7. The van der Waals surface area contributed by atoms with Crippen LogP contribution < -0.4 is 0 Å². The number of rotatable bonds is 2. The van der Waals surface area contributed by atoms with Crippen molar-refractivity contribution in [1.82, 2.24) is 9.97 Å². The molecule has 0 saturated carbocycles. The maximum absolute atomic E-state index is 8.87. The number of aromatic nitrogens is 2. The Bertz CT molecular complexity index is 723. The molecular formula is C16H12Cl2N4O2. The molecule has 2 N–H and O–H groups in total. The number of hydrogen-bond donors (Lipinski definition) is 2. The molecule has 3 rings (SSSR count). The predicted octanol–water partition coefficient (Wildman–Crippen LogP) is 5.30. The van der Waals surface area contributed by atoms with Crippen molar-refractivity contribution in [3.05, 3.63) is 71.2 Å². The van der Waals surface area contributed by atoms with Gasteiger partial charge in [0.25, 0.3) is 0 Å². The summed E-state index contributed by atoms with van der Waals surface area (Å²) in [5, 5.41) is 26.1. The standard InChI is InChI=1S/C10H8N4.C6H4Cl2O2/c1-5-11-6-2-9(1)13-14-10-3-7-12-8-4-10;7-3-1-4(8)6(10)2-5(3)9/h1-8H;1-2,9-10H. The Morgan fingerprint density at radius 1 is 0.667 bits per heavy atom. The fourth-order valence-corrected chi connectivity index (χ4v) is 1.85. The Hall–Kier alpha value is -2.70. The van der Waals surface area contributed by atoms with E-state index in [1.165, 1.54) is 6.07 Å². The third-order valence-electron chi connectivity index (χ3n) is 2.62. The molecule has 0 amide bonds. The molecule has 24 heavy (non-hydrogen) atoms. The molecule has 0 unspecified atom stereocenters. The normalized spacial score (nSPS) is 10.2. The Kier molecular flexibility index (Phi) is 6.48. The van der Waals surface area contributed by atoms with Crippen molar-refractivity contribution in [1.29, 1.82) is 0 Å². The van der Waals surface area contributed by atoms with E-state index in [1.807, 2.05) is 0 Å². The zero-order valence-corrected chi connectivity index (χ0v) is 13.7. The highest BCUT2D eigenvalue weighted by Gasteiger charge is 2.03. The summed E-state index contributed by atoms with van der Waals surface area (Å²) in [6.07, 6.45) is 6.73. The van der Waals surface area contributed by atoms with Crippen LogP contribution in [-0.2, 0) is 0 Å². The first-order valence-corrected chi connectivity index (χ1v) is 7.40. The van der Waals surface area contributed by atoms with E-state index in [0.717, 1.165) is 17.4 Å². The van der Waals surface area contributed by atoms with E-state index in [4.69, 9.17) is 33.4 Å². The van der Waals surface area contributed by atoms with Crippen molar-refractivity contribution in [2.75, 3.05) is 0 Å². The number of hydrogen-bond acceptors (Lipinski definition) is 6. The van der Waals surface area contributed by atoms with E-state index < -0.39 is 0 Å². The lowest BCUT2D eigenvalue weighted by Crippen LogP contribution is -1.70. The van der Waals surface area contributed by atoms with Gasteiger partial charge in [0.05, 0.1) is 21.4 Å². The lowest BCUT2D eigenvalue weighted by Gasteiger charge is -1.98. The molecule has 0 bridgehead atoms. The topological polar surface area (TPSA) is 91.0 Å². The minimum absolute atomic E-state index is 0.128. The number of nitrogens with zero attached hydrogens (tertiary/aromatic N) is 4. The van der Waals surface area contributed by atoms with Crippen LogP contribution in [0.4, 0.5) is 11.4 Å². The molecule has 0 fully saturated rings. The highest BCUT2D eigenvalue weighted by molar-refractivity contribution is 6.36. The summed E-state index contributed by atoms with van der Waals surface area (Å²) in [5.41, 5.74) is 1.58. The van der Waals surface area contributed by atoms with Crippen LogP contribution in [-0.4, -0.2) is 20.2 Å². The number of halogens is 2. The van der Waals surface area contributed by atoms with Gasteiger partial charge in [-0.2, -0.15) is 10.2 Å². The van der Waals surface area contributed by atoms with Crippen molar-refractivity contribution in [3.8, 4) is 11.5 Å². The molecule has 0 atom stereocenters. The summed E-state index contributed by atoms with van der Waals surface area (Å²) in [5.74, 6) is -0.355. The van der Waals surface area contributed by atoms with Gasteiger partial charge in [0.1, 0.15) is 11.5 Å². The summed E-state index contributed by atoms with van der Waals surface area (Å²) in [6, 6.07) is 9.54. The molecule has 1 aromatic carbocycles. The van der Waals surface area contributed by atoms with Gasteiger partial charge in [-0.3, -0.25) is 9.97 Å². The number of benzene rings is 1. The van der Waals surface area contributed by atoms with E-state index in [2.05, 4.69) is 20.2 Å². The van der Waals surface area contributed by atoms with Crippen LogP contribution in [0.2, 0.25) is 10.0 Å².